The van der Waals surface area contributed by atoms with Gasteiger partial charge in [0, 0.05) is 26.8 Å². The number of hydrogen-bond acceptors (Lipinski definition) is 7. The molecule has 0 saturated heterocycles. The minimum Gasteiger partial charge on any atom is -0.452 e. The molecule has 30 heavy (non-hydrogen) atoms. The molecule has 0 spiro atoms. The lowest BCUT2D eigenvalue weighted by molar-refractivity contribution is -0.123. The highest BCUT2D eigenvalue weighted by Crippen LogP contribution is 2.24. The van der Waals surface area contributed by atoms with E-state index < -0.39 is 36.3 Å². The number of fused-ring (bicyclic) bond motifs is 1. The molecular weight excluding hydrogens is 394 g/mol. The number of amides is 5. The lowest BCUT2D eigenvalue weighted by atomic mass is 10.1. The van der Waals surface area contributed by atoms with Crippen molar-refractivity contribution >= 4 is 29.7 Å². The first kappa shape index (κ1) is 23.0. The van der Waals surface area contributed by atoms with Crippen molar-refractivity contribution in [3.63, 3.8) is 0 Å². The summed E-state index contributed by atoms with van der Waals surface area (Å²) in [5.74, 6) is -2.36. The fourth-order valence-electron chi connectivity index (χ4n) is 2.71. The Hall–Kier alpha value is -3.27. The molecule has 1 aromatic carbocycles. The molecule has 1 aliphatic rings. The Bertz CT molecular complexity index is 851. The highest BCUT2D eigenvalue weighted by atomic mass is 16.5. The van der Waals surface area contributed by atoms with Crippen LogP contribution < -0.4 is 10.6 Å². The molecule has 0 atom stereocenters. The summed E-state index contributed by atoms with van der Waals surface area (Å²) in [7, 11) is 1.53. The van der Waals surface area contributed by atoms with Crippen LogP contribution >= 0.6 is 0 Å². The molecule has 0 aromatic heterocycles. The molecule has 0 fully saturated rings. The number of nitrogens with zero attached hydrogens (tertiary/aromatic N) is 1. The summed E-state index contributed by atoms with van der Waals surface area (Å²) < 4.78 is 9.81. The lowest BCUT2D eigenvalue weighted by Crippen LogP contribution is -2.42. The first-order valence-corrected chi connectivity index (χ1v) is 9.48. The Kier molecular flexibility index (Phi) is 8.05. The van der Waals surface area contributed by atoms with Crippen LogP contribution in [0.3, 0.4) is 0 Å². The molecule has 10 heteroatoms. The van der Waals surface area contributed by atoms with E-state index in [-0.39, 0.29) is 29.2 Å². The summed E-state index contributed by atoms with van der Waals surface area (Å²) in [4.78, 5) is 61.4. The van der Waals surface area contributed by atoms with Gasteiger partial charge >= 0.3 is 12.0 Å². The van der Waals surface area contributed by atoms with Crippen LogP contribution in [0.25, 0.3) is 0 Å². The number of urea groups is 1. The quantitative estimate of drug-likeness (QED) is 0.346. The molecule has 0 radical (unpaired) electrons. The van der Waals surface area contributed by atoms with E-state index in [2.05, 4.69) is 5.32 Å². The van der Waals surface area contributed by atoms with Crippen molar-refractivity contribution in [3.05, 3.63) is 34.9 Å². The Morgan fingerprint density at radius 1 is 1.10 bits per heavy atom. The normalized spacial score (nSPS) is 12.7. The monoisotopic (exact) mass is 419 g/mol. The molecule has 0 saturated carbocycles. The van der Waals surface area contributed by atoms with E-state index in [0.29, 0.717) is 19.6 Å². The summed E-state index contributed by atoms with van der Waals surface area (Å²) in [6.45, 7) is 4.14. The zero-order valence-corrected chi connectivity index (χ0v) is 17.1. The van der Waals surface area contributed by atoms with Crippen molar-refractivity contribution in [1.82, 2.24) is 15.5 Å². The van der Waals surface area contributed by atoms with Crippen molar-refractivity contribution in [2.45, 2.75) is 20.3 Å². The summed E-state index contributed by atoms with van der Waals surface area (Å²) in [5, 5.41) is 4.54. The Morgan fingerprint density at radius 2 is 1.80 bits per heavy atom. The van der Waals surface area contributed by atoms with Crippen LogP contribution in [0, 0.1) is 5.92 Å². The molecule has 1 heterocycles. The molecular formula is C20H25N3O7. The third-order valence-electron chi connectivity index (χ3n) is 4.19. The largest absolute Gasteiger partial charge is 0.452 e. The second kappa shape index (κ2) is 10.5. The molecule has 0 aliphatic carbocycles. The van der Waals surface area contributed by atoms with Crippen molar-refractivity contribution in [2.24, 2.45) is 5.92 Å². The van der Waals surface area contributed by atoms with Gasteiger partial charge in [0.1, 0.15) is 0 Å². The number of carbonyl (C=O) groups is 5. The second-order valence-electron chi connectivity index (χ2n) is 7.10. The molecule has 2 rings (SSSR count). The van der Waals surface area contributed by atoms with Crippen LogP contribution in [0.5, 0.6) is 0 Å². The topological polar surface area (TPSA) is 131 Å². The third-order valence-corrected chi connectivity index (χ3v) is 4.19. The minimum atomic E-state index is -0.853. The molecule has 10 nitrogen and oxygen atoms in total. The lowest BCUT2D eigenvalue weighted by Gasteiger charge is -2.12. The van der Waals surface area contributed by atoms with Gasteiger partial charge in [-0.15, -0.1) is 0 Å². The van der Waals surface area contributed by atoms with Crippen molar-refractivity contribution < 1.29 is 33.4 Å². The SMILES string of the molecule is COCCCN1C(=O)c2ccc(C(=O)OCC(=O)NC(=O)NCC(C)C)cc2C1=O. The summed E-state index contributed by atoms with van der Waals surface area (Å²) in [6.07, 6.45) is 0.497. The van der Waals surface area contributed by atoms with Gasteiger partial charge in [-0.3, -0.25) is 24.6 Å². The zero-order chi connectivity index (χ0) is 22.3. The van der Waals surface area contributed by atoms with Gasteiger partial charge in [-0.25, -0.2) is 9.59 Å². The average molecular weight is 419 g/mol. The Labute approximate surface area is 173 Å². The van der Waals surface area contributed by atoms with Crippen LogP contribution in [0.4, 0.5) is 4.79 Å². The molecule has 2 N–H and O–H groups in total. The summed E-state index contributed by atoms with van der Waals surface area (Å²) >= 11 is 0. The molecule has 0 bridgehead atoms. The smallest absolute Gasteiger partial charge is 0.338 e. The van der Waals surface area contributed by atoms with E-state index >= 15 is 0 Å². The molecule has 1 aliphatic heterocycles. The first-order chi connectivity index (χ1) is 14.2. The maximum Gasteiger partial charge on any atom is 0.338 e. The zero-order valence-electron chi connectivity index (χ0n) is 17.1. The van der Waals surface area contributed by atoms with Crippen LogP contribution in [0.15, 0.2) is 18.2 Å². The van der Waals surface area contributed by atoms with Crippen molar-refractivity contribution in [3.8, 4) is 0 Å². The fraction of sp³-hybridized carbons (Fsp3) is 0.450. The summed E-state index contributed by atoms with van der Waals surface area (Å²) in [6, 6.07) is 3.31. The maximum absolute atomic E-state index is 12.5. The van der Waals surface area contributed by atoms with Crippen LogP contribution in [-0.2, 0) is 14.3 Å². The van der Waals surface area contributed by atoms with E-state index in [9.17, 15) is 24.0 Å². The number of imide groups is 2. The molecule has 1 aromatic rings. The van der Waals surface area contributed by atoms with Gasteiger partial charge in [-0.05, 0) is 30.5 Å². The predicted octanol–water partition coefficient (Wildman–Crippen LogP) is 0.958. The van der Waals surface area contributed by atoms with Gasteiger partial charge < -0.3 is 14.8 Å². The summed E-state index contributed by atoms with van der Waals surface area (Å²) in [5.41, 5.74) is 0.323. The number of esters is 1. The number of nitrogens with one attached hydrogen (secondary N) is 2. The van der Waals surface area contributed by atoms with Gasteiger partial charge in [0.25, 0.3) is 17.7 Å². The van der Waals surface area contributed by atoms with Crippen LogP contribution in [-0.4, -0.2) is 68.0 Å². The van der Waals surface area contributed by atoms with E-state index in [1.54, 1.807) is 0 Å². The van der Waals surface area contributed by atoms with E-state index in [0.717, 1.165) is 4.90 Å². The van der Waals surface area contributed by atoms with Crippen LogP contribution in [0.1, 0.15) is 51.3 Å². The van der Waals surface area contributed by atoms with Crippen LogP contribution in [0.2, 0.25) is 0 Å². The van der Waals surface area contributed by atoms with Gasteiger partial charge in [-0.1, -0.05) is 13.8 Å². The minimum absolute atomic E-state index is 0.0192. The van der Waals surface area contributed by atoms with E-state index in [1.165, 1.54) is 25.3 Å². The maximum atomic E-state index is 12.5. The highest BCUT2D eigenvalue weighted by Gasteiger charge is 2.35. The Morgan fingerprint density at radius 3 is 2.47 bits per heavy atom. The van der Waals surface area contributed by atoms with Gasteiger partial charge in [0.2, 0.25) is 0 Å². The highest BCUT2D eigenvalue weighted by molar-refractivity contribution is 6.22. The van der Waals surface area contributed by atoms with Gasteiger partial charge in [-0.2, -0.15) is 0 Å². The average Bonchev–Trinajstić information content (AvgIpc) is 2.95. The number of methoxy groups -OCH3 is 1. The number of ether oxygens (including phenoxy) is 2. The number of carbonyl (C=O) groups excluding carboxylic acids is 5. The Balaban J connectivity index is 1.93. The molecule has 162 valence electrons. The first-order valence-electron chi connectivity index (χ1n) is 9.48. The fourth-order valence-corrected chi connectivity index (χ4v) is 2.71. The number of hydrogen-bond donors (Lipinski definition) is 2. The standard InChI is InChI=1S/C20H25N3O7/c1-12(2)10-21-20(28)22-16(24)11-30-19(27)13-5-6-14-15(9-13)18(26)23(17(14)25)7-4-8-29-3/h5-6,9,12H,4,7-8,10-11H2,1-3H3,(H2,21,22,24,28). The van der Waals surface area contributed by atoms with Gasteiger partial charge in [0.15, 0.2) is 6.61 Å². The van der Waals surface area contributed by atoms with Crippen molar-refractivity contribution in [2.75, 3.05) is 33.4 Å². The second-order valence-corrected chi connectivity index (χ2v) is 7.10. The third kappa shape index (κ3) is 5.86. The molecule has 5 amide bonds. The number of rotatable bonds is 9. The predicted molar refractivity (Wildman–Crippen MR) is 105 cm³/mol. The van der Waals surface area contributed by atoms with E-state index in [4.69, 9.17) is 9.47 Å². The van der Waals surface area contributed by atoms with E-state index in [1.807, 2.05) is 19.2 Å². The van der Waals surface area contributed by atoms with Gasteiger partial charge in [0.05, 0.1) is 16.7 Å². The molecule has 0 unspecified atom stereocenters. The van der Waals surface area contributed by atoms with Crippen molar-refractivity contribution in [1.29, 1.82) is 0 Å². The number of benzene rings is 1.